The number of carbonyl (C=O) groups is 1. The van der Waals surface area contributed by atoms with Crippen molar-refractivity contribution in [2.45, 2.75) is 33.6 Å². The molecule has 0 saturated heterocycles. The third-order valence-electron chi connectivity index (χ3n) is 2.69. The van der Waals surface area contributed by atoms with Crippen LogP contribution in [0.1, 0.15) is 36.5 Å². The first-order valence-electron chi connectivity index (χ1n) is 5.55. The van der Waals surface area contributed by atoms with E-state index in [4.69, 9.17) is 0 Å². The van der Waals surface area contributed by atoms with Gasteiger partial charge in [0.1, 0.15) is 0 Å². The van der Waals surface area contributed by atoms with Gasteiger partial charge in [-0.1, -0.05) is 26.0 Å². The minimum absolute atomic E-state index is 0.177. The zero-order chi connectivity index (χ0) is 12.3. The monoisotopic (exact) mass is 220 g/mol. The summed E-state index contributed by atoms with van der Waals surface area (Å²) in [6.45, 7) is 8.37. The summed E-state index contributed by atoms with van der Waals surface area (Å²) >= 11 is 0. The van der Waals surface area contributed by atoms with Crippen molar-refractivity contribution in [1.82, 2.24) is 5.32 Å². The molecule has 1 aromatic carbocycles. The number of benzene rings is 1. The SMILES string of the molecule is CNC(=O)Nc1c(C)cc(C(C)C)cc1C. The molecule has 0 atom stereocenters. The molecule has 0 fully saturated rings. The Balaban J connectivity index is 3.07. The summed E-state index contributed by atoms with van der Waals surface area (Å²) in [5.41, 5.74) is 4.42. The van der Waals surface area contributed by atoms with E-state index < -0.39 is 0 Å². The van der Waals surface area contributed by atoms with Crippen LogP contribution in [0, 0.1) is 13.8 Å². The first-order valence-corrected chi connectivity index (χ1v) is 5.55. The van der Waals surface area contributed by atoms with Crippen LogP contribution in [-0.2, 0) is 0 Å². The molecule has 0 heterocycles. The van der Waals surface area contributed by atoms with Gasteiger partial charge in [-0.05, 0) is 36.5 Å². The lowest BCUT2D eigenvalue weighted by Crippen LogP contribution is -2.25. The van der Waals surface area contributed by atoms with Crippen molar-refractivity contribution < 1.29 is 4.79 Å². The predicted molar refractivity (Wildman–Crippen MR) is 68.1 cm³/mol. The number of hydrogen-bond donors (Lipinski definition) is 2. The molecule has 0 aliphatic rings. The molecule has 0 unspecified atom stereocenters. The normalized spacial score (nSPS) is 10.4. The van der Waals surface area contributed by atoms with Crippen molar-refractivity contribution in [3.63, 3.8) is 0 Å². The summed E-state index contributed by atoms with van der Waals surface area (Å²) < 4.78 is 0. The van der Waals surface area contributed by atoms with Gasteiger partial charge in [0.15, 0.2) is 0 Å². The van der Waals surface area contributed by atoms with Gasteiger partial charge < -0.3 is 10.6 Å². The second kappa shape index (κ2) is 5.01. The molecule has 2 N–H and O–H groups in total. The Morgan fingerprint density at radius 2 is 1.69 bits per heavy atom. The van der Waals surface area contributed by atoms with Gasteiger partial charge >= 0.3 is 6.03 Å². The van der Waals surface area contributed by atoms with E-state index in [9.17, 15) is 4.79 Å². The standard InChI is InChI=1S/C13H20N2O/c1-8(2)11-6-9(3)12(10(4)7-11)15-13(16)14-5/h6-8H,1-5H3,(H2,14,15,16). The van der Waals surface area contributed by atoms with Gasteiger partial charge in [-0.3, -0.25) is 0 Å². The third-order valence-corrected chi connectivity index (χ3v) is 2.69. The lowest BCUT2D eigenvalue weighted by molar-refractivity contribution is 0.254. The maximum Gasteiger partial charge on any atom is 0.318 e. The molecule has 3 nitrogen and oxygen atoms in total. The lowest BCUT2D eigenvalue weighted by Gasteiger charge is -2.15. The van der Waals surface area contributed by atoms with E-state index in [1.165, 1.54) is 5.56 Å². The van der Waals surface area contributed by atoms with Crippen LogP contribution in [0.5, 0.6) is 0 Å². The number of carbonyl (C=O) groups excluding carboxylic acids is 1. The summed E-state index contributed by atoms with van der Waals surface area (Å²) in [4.78, 5) is 11.3. The molecule has 2 amide bonds. The molecular formula is C13H20N2O. The van der Waals surface area contributed by atoms with Gasteiger partial charge in [-0.2, -0.15) is 0 Å². The Hall–Kier alpha value is -1.51. The van der Waals surface area contributed by atoms with E-state index in [0.29, 0.717) is 5.92 Å². The summed E-state index contributed by atoms with van der Waals surface area (Å²) in [5, 5.41) is 5.40. The molecule has 0 aromatic heterocycles. The van der Waals surface area contributed by atoms with Crippen molar-refractivity contribution in [3.05, 3.63) is 28.8 Å². The minimum atomic E-state index is -0.177. The van der Waals surface area contributed by atoms with Crippen LogP contribution in [0.25, 0.3) is 0 Å². The first kappa shape index (κ1) is 12.6. The highest BCUT2D eigenvalue weighted by Gasteiger charge is 2.09. The molecule has 3 heteroatoms. The summed E-state index contributed by atoms with van der Waals surface area (Å²) in [7, 11) is 1.61. The van der Waals surface area contributed by atoms with Crippen molar-refractivity contribution >= 4 is 11.7 Å². The highest BCUT2D eigenvalue weighted by Crippen LogP contribution is 2.25. The van der Waals surface area contributed by atoms with Crippen molar-refractivity contribution in [3.8, 4) is 0 Å². The van der Waals surface area contributed by atoms with Gasteiger partial charge in [0.05, 0.1) is 0 Å². The Morgan fingerprint density at radius 3 is 2.06 bits per heavy atom. The number of amides is 2. The minimum Gasteiger partial charge on any atom is -0.341 e. The maximum absolute atomic E-state index is 11.3. The number of hydrogen-bond acceptors (Lipinski definition) is 1. The topological polar surface area (TPSA) is 41.1 Å². The Labute approximate surface area is 97.2 Å². The molecule has 88 valence electrons. The van der Waals surface area contributed by atoms with Gasteiger partial charge in [-0.25, -0.2) is 4.79 Å². The smallest absolute Gasteiger partial charge is 0.318 e. The Kier molecular flexibility index (Phi) is 3.93. The van der Waals surface area contributed by atoms with E-state index in [0.717, 1.165) is 16.8 Å². The average Bonchev–Trinajstić information content (AvgIpc) is 2.22. The lowest BCUT2D eigenvalue weighted by atomic mass is 9.97. The van der Waals surface area contributed by atoms with Crippen LogP contribution in [0.2, 0.25) is 0 Å². The quantitative estimate of drug-likeness (QED) is 0.789. The average molecular weight is 220 g/mol. The van der Waals surface area contributed by atoms with Gasteiger partial charge in [0.2, 0.25) is 0 Å². The molecule has 0 bridgehead atoms. The highest BCUT2D eigenvalue weighted by molar-refractivity contribution is 5.90. The van der Waals surface area contributed by atoms with E-state index in [-0.39, 0.29) is 6.03 Å². The number of urea groups is 1. The second-order valence-electron chi connectivity index (χ2n) is 4.39. The van der Waals surface area contributed by atoms with Crippen molar-refractivity contribution in [2.24, 2.45) is 0 Å². The molecule has 0 radical (unpaired) electrons. The van der Waals surface area contributed by atoms with Crippen LogP contribution >= 0.6 is 0 Å². The predicted octanol–water partition coefficient (Wildman–Crippen LogP) is 3.18. The van der Waals surface area contributed by atoms with Gasteiger partial charge in [0, 0.05) is 12.7 Å². The van der Waals surface area contributed by atoms with Gasteiger partial charge in [0.25, 0.3) is 0 Å². The second-order valence-corrected chi connectivity index (χ2v) is 4.39. The van der Waals surface area contributed by atoms with Crippen molar-refractivity contribution in [1.29, 1.82) is 0 Å². The van der Waals surface area contributed by atoms with Gasteiger partial charge in [-0.15, -0.1) is 0 Å². The molecule has 1 rings (SSSR count). The van der Waals surface area contributed by atoms with E-state index in [1.807, 2.05) is 13.8 Å². The first-order chi connectivity index (χ1) is 7.45. The number of nitrogens with one attached hydrogen (secondary N) is 2. The van der Waals surface area contributed by atoms with Crippen LogP contribution in [-0.4, -0.2) is 13.1 Å². The van der Waals surface area contributed by atoms with Crippen LogP contribution in [0.15, 0.2) is 12.1 Å². The third kappa shape index (κ3) is 2.75. The van der Waals surface area contributed by atoms with Crippen molar-refractivity contribution in [2.75, 3.05) is 12.4 Å². The summed E-state index contributed by atoms with van der Waals surface area (Å²) in [6, 6.07) is 4.08. The molecule has 0 saturated carbocycles. The van der Waals surface area contributed by atoms with Crippen LogP contribution in [0.3, 0.4) is 0 Å². The molecule has 0 aliphatic heterocycles. The molecule has 16 heavy (non-hydrogen) atoms. The molecule has 0 spiro atoms. The molecule has 1 aromatic rings. The highest BCUT2D eigenvalue weighted by atomic mass is 16.2. The fraction of sp³-hybridized carbons (Fsp3) is 0.462. The number of aryl methyl sites for hydroxylation is 2. The fourth-order valence-electron chi connectivity index (χ4n) is 1.70. The van der Waals surface area contributed by atoms with E-state index in [2.05, 4.69) is 36.6 Å². The Bertz CT molecular complexity index is 374. The molecular weight excluding hydrogens is 200 g/mol. The molecule has 0 aliphatic carbocycles. The largest absolute Gasteiger partial charge is 0.341 e. The fourth-order valence-corrected chi connectivity index (χ4v) is 1.70. The number of rotatable bonds is 2. The number of anilines is 1. The maximum atomic E-state index is 11.3. The zero-order valence-corrected chi connectivity index (χ0v) is 10.6. The van der Waals surface area contributed by atoms with E-state index in [1.54, 1.807) is 7.05 Å². The Morgan fingerprint density at radius 1 is 1.19 bits per heavy atom. The summed E-state index contributed by atoms with van der Waals surface area (Å²) in [6.07, 6.45) is 0. The van der Waals surface area contributed by atoms with Crippen LogP contribution < -0.4 is 10.6 Å². The summed E-state index contributed by atoms with van der Waals surface area (Å²) in [5.74, 6) is 0.506. The zero-order valence-electron chi connectivity index (χ0n) is 10.6. The van der Waals surface area contributed by atoms with Crippen LogP contribution in [0.4, 0.5) is 10.5 Å². The van der Waals surface area contributed by atoms with E-state index >= 15 is 0 Å².